The fraction of sp³-hybridized carbons (Fsp3) is 0.231. The first kappa shape index (κ1) is 12.2. The molecule has 0 spiro atoms. The van der Waals surface area contributed by atoms with E-state index >= 15 is 0 Å². The topological polar surface area (TPSA) is 59.0 Å². The Kier molecular flexibility index (Phi) is 3.62. The molecule has 0 aliphatic rings. The first-order chi connectivity index (χ1) is 8.67. The quantitative estimate of drug-likeness (QED) is 0.872. The van der Waals surface area contributed by atoms with Gasteiger partial charge in [-0.05, 0) is 26.0 Å². The number of hydrogen-bond donors (Lipinski definition) is 2. The van der Waals surface area contributed by atoms with Crippen molar-refractivity contribution in [2.24, 2.45) is 0 Å². The molecule has 1 aromatic carbocycles. The summed E-state index contributed by atoms with van der Waals surface area (Å²) in [6, 6.07) is 7.36. The second-order valence-electron chi connectivity index (χ2n) is 4.03. The van der Waals surface area contributed by atoms with Gasteiger partial charge in [0.2, 0.25) is 0 Å². The molecule has 0 fully saturated rings. The van der Waals surface area contributed by atoms with Gasteiger partial charge in [-0.25, -0.2) is 4.79 Å². The summed E-state index contributed by atoms with van der Waals surface area (Å²) < 4.78 is 1.75. The number of carbonyl (C=O) groups is 1. The third-order valence-electron chi connectivity index (χ3n) is 2.52. The summed E-state index contributed by atoms with van der Waals surface area (Å²) in [5, 5.41) is 9.56. The summed E-state index contributed by atoms with van der Waals surface area (Å²) in [4.78, 5) is 11.7. The lowest BCUT2D eigenvalue weighted by atomic mass is 10.2. The van der Waals surface area contributed by atoms with Crippen molar-refractivity contribution >= 4 is 17.4 Å². The van der Waals surface area contributed by atoms with Crippen molar-refractivity contribution in [2.75, 3.05) is 10.6 Å². The molecule has 5 heteroatoms. The maximum Gasteiger partial charge on any atom is 0.323 e. The minimum absolute atomic E-state index is 0.269. The molecule has 0 radical (unpaired) electrons. The average Bonchev–Trinajstić information content (AvgIpc) is 2.79. The fourth-order valence-electron chi connectivity index (χ4n) is 1.53. The molecule has 0 atom stereocenters. The smallest absolute Gasteiger partial charge is 0.308 e. The van der Waals surface area contributed by atoms with Crippen LogP contribution in [0.2, 0.25) is 0 Å². The van der Waals surface area contributed by atoms with Crippen molar-refractivity contribution in [1.29, 1.82) is 0 Å². The van der Waals surface area contributed by atoms with Gasteiger partial charge >= 0.3 is 6.03 Å². The number of nitrogens with one attached hydrogen (secondary N) is 2. The van der Waals surface area contributed by atoms with E-state index in [2.05, 4.69) is 15.7 Å². The van der Waals surface area contributed by atoms with Gasteiger partial charge in [0.1, 0.15) is 0 Å². The number of amides is 2. The van der Waals surface area contributed by atoms with E-state index in [0.29, 0.717) is 5.69 Å². The maximum atomic E-state index is 11.7. The summed E-state index contributed by atoms with van der Waals surface area (Å²) in [5.74, 6) is 0. The van der Waals surface area contributed by atoms with Crippen LogP contribution in [0.4, 0.5) is 16.2 Å². The van der Waals surface area contributed by atoms with E-state index in [4.69, 9.17) is 0 Å². The highest BCUT2D eigenvalue weighted by atomic mass is 16.2. The van der Waals surface area contributed by atoms with Crippen LogP contribution in [0.25, 0.3) is 0 Å². The Bertz CT molecular complexity index is 530. The molecule has 0 aliphatic heterocycles. The Morgan fingerprint density at radius 2 is 1.89 bits per heavy atom. The van der Waals surface area contributed by atoms with Crippen molar-refractivity contribution in [3.05, 3.63) is 42.2 Å². The Morgan fingerprint density at radius 1 is 1.22 bits per heavy atom. The summed E-state index contributed by atoms with van der Waals surface area (Å²) in [6.45, 7) is 4.77. The van der Waals surface area contributed by atoms with Gasteiger partial charge in [-0.2, -0.15) is 5.10 Å². The molecule has 0 saturated carbocycles. The number of rotatable bonds is 3. The number of urea groups is 1. The Morgan fingerprint density at radius 3 is 2.50 bits per heavy atom. The summed E-state index contributed by atoms with van der Waals surface area (Å²) in [5.41, 5.74) is 2.60. The highest BCUT2D eigenvalue weighted by molar-refractivity contribution is 5.99. The van der Waals surface area contributed by atoms with Crippen LogP contribution < -0.4 is 10.6 Å². The molecule has 2 amide bonds. The Labute approximate surface area is 106 Å². The maximum absolute atomic E-state index is 11.7. The SMILES string of the molecule is CCn1cc(NC(=O)Nc2ccc(C)cc2)cn1. The fourth-order valence-corrected chi connectivity index (χ4v) is 1.53. The summed E-state index contributed by atoms with van der Waals surface area (Å²) in [7, 11) is 0. The van der Waals surface area contributed by atoms with Crippen LogP contribution in [0.3, 0.4) is 0 Å². The number of aromatic nitrogens is 2. The Hall–Kier alpha value is -2.30. The van der Waals surface area contributed by atoms with Gasteiger partial charge in [-0.15, -0.1) is 0 Å². The van der Waals surface area contributed by atoms with Crippen LogP contribution >= 0.6 is 0 Å². The minimum Gasteiger partial charge on any atom is -0.308 e. The molecule has 2 N–H and O–H groups in total. The van der Waals surface area contributed by atoms with Crippen molar-refractivity contribution < 1.29 is 4.79 Å². The first-order valence-corrected chi connectivity index (χ1v) is 5.84. The molecule has 0 saturated heterocycles. The Balaban J connectivity index is 1.94. The van der Waals surface area contributed by atoms with E-state index in [1.165, 1.54) is 0 Å². The second kappa shape index (κ2) is 5.35. The third-order valence-corrected chi connectivity index (χ3v) is 2.52. The highest BCUT2D eigenvalue weighted by Crippen LogP contribution is 2.10. The largest absolute Gasteiger partial charge is 0.323 e. The second-order valence-corrected chi connectivity index (χ2v) is 4.03. The van der Waals surface area contributed by atoms with Gasteiger partial charge in [-0.1, -0.05) is 17.7 Å². The number of anilines is 2. The summed E-state index contributed by atoms with van der Waals surface area (Å²) >= 11 is 0. The average molecular weight is 244 g/mol. The van der Waals surface area contributed by atoms with Crippen LogP contribution in [0.15, 0.2) is 36.7 Å². The minimum atomic E-state index is -0.269. The summed E-state index contributed by atoms with van der Waals surface area (Å²) in [6.07, 6.45) is 3.41. The van der Waals surface area contributed by atoms with Crippen molar-refractivity contribution in [3.63, 3.8) is 0 Å². The molecule has 18 heavy (non-hydrogen) atoms. The van der Waals surface area contributed by atoms with Gasteiger partial charge in [0.05, 0.1) is 11.9 Å². The van der Waals surface area contributed by atoms with Gasteiger partial charge < -0.3 is 10.6 Å². The van der Waals surface area contributed by atoms with Crippen LogP contribution in [0.1, 0.15) is 12.5 Å². The van der Waals surface area contributed by atoms with Crippen LogP contribution in [0, 0.1) is 6.92 Å². The zero-order valence-electron chi connectivity index (χ0n) is 10.5. The predicted octanol–water partition coefficient (Wildman–Crippen LogP) is 2.86. The standard InChI is InChI=1S/C13H16N4O/c1-3-17-9-12(8-14-17)16-13(18)15-11-6-4-10(2)5-7-11/h4-9H,3H2,1-2H3,(H2,15,16,18). The van der Waals surface area contributed by atoms with Gasteiger partial charge in [-0.3, -0.25) is 4.68 Å². The monoisotopic (exact) mass is 244 g/mol. The van der Waals surface area contributed by atoms with E-state index < -0.39 is 0 Å². The highest BCUT2D eigenvalue weighted by Gasteiger charge is 2.04. The molecule has 1 aromatic heterocycles. The molecule has 5 nitrogen and oxygen atoms in total. The molecule has 94 valence electrons. The number of carbonyl (C=O) groups excluding carboxylic acids is 1. The van der Waals surface area contributed by atoms with E-state index in [1.54, 1.807) is 17.1 Å². The van der Waals surface area contributed by atoms with Crippen LogP contribution in [0.5, 0.6) is 0 Å². The van der Waals surface area contributed by atoms with Gasteiger partial charge in [0.25, 0.3) is 0 Å². The first-order valence-electron chi connectivity index (χ1n) is 5.84. The predicted molar refractivity (Wildman–Crippen MR) is 71.7 cm³/mol. The number of aryl methyl sites for hydroxylation is 2. The lowest BCUT2D eigenvalue weighted by Crippen LogP contribution is -2.19. The van der Waals surface area contributed by atoms with Crippen LogP contribution in [-0.2, 0) is 6.54 Å². The molecule has 1 heterocycles. The third kappa shape index (κ3) is 3.10. The van der Waals surface area contributed by atoms with E-state index in [1.807, 2.05) is 38.1 Å². The van der Waals surface area contributed by atoms with E-state index in [0.717, 1.165) is 17.8 Å². The number of benzene rings is 1. The van der Waals surface area contributed by atoms with Gasteiger partial charge in [0.15, 0.2) is 0 Å². The normalized spacial score (nSPS) is 10.1. The number of nitrogens with zero attached hydrogens (tertiary/aromatic N) is 2. The molecule has 0 aliphatic carbocycles. The van der Waals surface area contributed by atoms with E-state index in [9.17, 15) is 4.79 Å². The lowest BCUT2D eigenvalue weighted by molar-refractivity contribution is 0.262. The number of hydrogen-bond acceptors (Lipinski definition) is 2. The van der Waals surface area contributed by atoms with Crippen molar-refractivity contribution in [3.8, 4) is 0 Å². The van der Waals surface area contributed by atoms with Crippen LogP contribution in [-0.4, -0.2) is 15.8 Å². The molecular formula is C13H16N4O. The molecule has 0 bridgehead atoms. The van der Waals surface area contributed by atoms with Crippen molar-refractivity contribution in [2.45, 2.75) is 20.4 Å². The molecular weight excluding hydrogens is 228 g/mol. The zero-order valence-corrected chi connectivity index (χ0v) is 10.5. The lowest BCUT2D eigenvalue weighted by Gasteiger charge is -2.05. The van der Waals surface area contributed by atoms with Gasteiger partial charge in [0, 0.05) is 18.4 Å². The molecule has 0 unspecified atom stereocenters. The van der Waals surface area contributed by atoms with Crippen molar-refractivity contribution in [1.82, 2.24) is 9.78 Å². The van der Waals surface area contributed by atoms with E-state index in [-0.39, 0.29) is 6.03 Å². The molecule has 2 aromatic rings. The molecule has 2 rings (SSSR count). The zero-order chi connectivity index (χ0) is 13.0.